The van der Waals surface area contributed by atoms with Gasteiger partial charge in [-0.3, -0.25) is 24.6 Å². The van der Waals surface area contributed by atoms with Crippen LogP contribution in [-0.4, -0.2) is 45.0 Å². The van der Waals surface area contributed by atoms with E-state index in [1.807, 2.05) is 0 Å². The molecule has 0 spiro atoms. The predicted molar refractivity (Wildman–Crippen MR) is 86.4 cm³/mol. The highest BCUT2D eigenvalue weighted by molar-refractivity contribution is 5.97. The molecule has 3 rings (SSSR count). The fourth-order valence-corrected chi connectivity index (χ4v) is 2.47. The number of nitrogens with zero attached hydrogens (tertiary/aromatic N) is 5. The first-order chi connectivity index (χ1) is 12.5. The first-order valence-corrected chi connectivity index (χ1v) is 7.74. The summed E-state index contributed by atoms with van der Waals surface area (Å²) in [6, 6.07) is 4.02. The van der Waals surface area contributed by atoms with Gasteiger partial charge in [-0.25, -0.2) is 4.68 Å². The number of esters is 1. The summed E-state index contributed by atoms with van der Waals surface area (Å²) in [6.45, 7) is 1.75. The molecule has 0 aliphatic carbocycles. The maximum absolute atomic E-state index is 12.2. The van der Waals surface area contributed by atoms with Crippen molar-refractivity contribution in [2.75, 3.05) is 18.1 Å². The van der Waals surface area contributed by atoms with Crippen LogP contribution in [0.2, 0.25) is 0 Å². The van der Waals surface area contributed by atoms with Gasteiger partial charge in [0.25, 0.3) is 11.6 Å². The number of nitro groups is 1. The topological polar surface area (TPSA) is 130 Å². The lowest BCUT2D eigenvalue weighted by molar-refractivity contribution is -0.384. The van der Waals surface area contributed by atoms with E-state index in [0.717, 1.165) is 0 Å². The number of amides is 1. The van der Waals surface area contributed by atoms with Gasteiger partial charge in [0.2, 0.25) is 0 Å². The summed E-state index contributed by atoms with van der Waals surface area (Å²) in [5.74, 6) is -0.506. The van der Waals surface area contributed by atoms with Crippen LogP contribution < -0.4 is 9.64 Å². The third kappa shape index (κ3) is 3.61. The van der Waals surface area contributed by atoms with Crippen LogP contribution >= 0.6 is 0 Å². The Morgan fingerprint density at radius 3 is 3.00 bits per heavy atom. The van der Waals surface area contributed by atoms with Crippen molar-refractivity contribution in [3.63, 3.8) is 0 Å². The van der Waals surface area contributed by atoms with Crippen LogP contribution in [0.3, 0.4) is 0 Å². The third-order valence-corrected chi connectivity index (χ3v) is 3.60. The van der Waals surface area contributed by atoms with E-state index in [9.17, 15) is 19.7 Å². The zero-order valence-corrected chi connectivity index (χ0v) is 13.8. The van der Waals surface area contributed by atoms with Crippen molar-refractivity contribution in [3.8, 4) is 5.75 Å². The van der Waals surface area contributed by atoms with E-state index in [2.05, 4.69) is 10.3 Å². The zero-order chi connectivity index (χ0) is 18.7. The fraction of sp³-hybridized carbons (Fsp3) is 0.333. The lowest BCUT2D eigenvalue weighted by Crippen LogP contribution is -2.38. The highest BCUT2D eigenvalue weighted by Crippen LogP contribution is 2.35. The van der Waals surface area contributed by atoms with Gasteiger partial charge in [-0.1, -0.05) is 5.21 Å². The second-order valence-electron chi connectivity index (χ2n) is 5.39. The van der Waals surface area contributed by atoms with Crippen molar-refractivity contribution in [1.82, 2.24) is 15.0 Å². The van der Waals surface area contributed by atoms with Gasteiger partial charge >= 0.3 is 5.97 Å². The minimum absolute atomic E-state index is 0.0827. The highest BCUT2D eigenvalue weighted by atomic mass is 16.6. The van der Waals surface area contributed by atoms with Crippen molar-refractivity contribution in [2.45, 2.75) is 20.0 Å². The van der Waals surface area contributed by atoms with Crippen LogP contribution in [0.25, 0.3) is 0 Å². The monoisotopic (exact) mass is 361 g/mol. The minimum Gasteiger partial charge on any atom is -0.481 e. The van der Waals surface area contributed by atoms with Gasteiger partial charge in [0, 0.05) is 6.07 Å². The van der Waals surface area contributed by atoms with Crippen LogP contribution in [-0.2, 0) is 27.4 Å². The number of hydrogen-bond acceptors (Lipinski definition) is 8. The van der Waals surface area contributed by atoms with E-state index >= 15 is 0 Å². The standard InChI is InChI=1S/C15H15N5O6/c1-2-25-15(22)8-18-6-10(16-17-18)7-19-12-4-3-11(20(23)24)5-13(12)26-9-14(19)21/h3-6H,2,7-9H2,1H3. The lowest BCUT2D eigenvalue weighted by atomic mass is 10.2. The highest BCUT2D eigenvalue weighted by Gasteiger charge is 2.28. The zero-order valence-electron chi connectivity index (χ0n) is 13.8. The van der Waals surface area contributed by atoms with Gasteiger partial charge in [0.1, 0.15) is 12.2 Å². The van der Waals surface area contributed by atoms with Crippen molar-refractivity contribution in [2.24, 2.45) is 0 Å². The molecule has 11 nitrogen and oxygen atoms in total. The molecular formula is C15H15N5O6. The molecule has 2 heterocycles. The number of aromatic nitrogens is 3. The van der Waals surface area contributed by atoms with E-state index in [1.54, 1.807) is 6.92 Å². The molecule has 26 heavy (non-hydrogen) atoms. The average molecular weight is 361 g/mol. The maximum atomic E-state index is 12.2. The number of anilines is 1. The van der Waals surface area contributed by atoms with Gasteiger partial charge in [-0.05, 0) is 13.0 Å². The molecule has 0 fully saturated rings. The first-order valence-electron chi connectivity index (χ1n) is 7.74. The molecule has 1 amide bonds. The number of rotatable bonds is 6. The smallest absolute Gasteiger partial charge is 0.327 e. The molecule has 0 atom stereocenters. The number of hydrogen-bond donors (Lipinski definition) is 0. The van der Waals surface area contributed by atoms with E-state index in [1.165, 1.54) is 34.0 Å². The number of non-ortho nitro benzene ring substituents is 1. The van der Waals surface area contributed by atoms with Crippen molar-refractivity contribution in [3.05, 3.63) is 40.2 Å². The summed E-state index contributed by atoms with van der Waals surface area (Å²) < 4.78 is 11.4. The van der Waals surface area contributed by atoms with Crippen LogP contribution in [0, 0.1) is 10.1 Å². The van der Waals surface area contributed by atoms with Gasteiger partial charge in [-0.2, -0.15) is 0 Å². The number of carbonyl (C=O) groups is 2. The molecule has 0 bridgehead atoms. The van der Waals surface area contributed by atoms with Gasteiger partial charge in [0.15, 0.2) is 12.4 Å². The molecule has 1 aliphatic heterocycles. The fourth-order valence-electron chi connectivity index (χ4n) is 2.47. The Labute approximate surface area is 147 Å². The largest absolute Gasteiger partial charge is 0.481 e. The molecule has 0 N–H and O–H groups in total. The molecule has 1 aromatic heterocycles. The normalized spacial score (nSPS) is 13.1. The van der Waals surface area contributed by atoms with Crippen LogP contribution in [0.5, 0.6) is 5.75 Å². The van der Waals surface area contributed by atoms with Crippen molar-refractivity contribution in [1.29, 1.82) is 0 Å². The van der Waals surface area contributed by atoms with E-state index in [0.29, 0.717) is 11.4 Å². The Bertz CT molecular complexity index is 864. The van der Waals surface area contributed by atoms with Crippen LogP contribution in [0.4, 0.5) is 11.4 Å². The SMILES string of the molecule is CCOC(=O)Cn1cc(CN2C(=O)COc3cc([N+](=O)[O-])ccc32)nn1. The van der Waals surface area contributed by atoms with E-state index in [4.69, 9.17) is 9.47 Å². The van der Waals surface area contributed by atoms with E-state index < -0.39 is 10.9 Å². The van der Waals surface area contributed by atoms with Crippen molar-refractivity contribution < 1.29 is 24.0 Å². The summed E-state index contributed by atoms with van der Waals surface area (Å²) in [6.07, 6.45) is 1.53. The molecule has 1 aromatic carbocycles. The molecule has 0 saturated heterocycles. The van der Waals surface area contributed by atoms with Gasteiger partial charge in [0.05, 0.1) is 36.0 Å². The molecule has 0 unspecified atom stereocenters. The minimum atomic E-state index is -0.536. The maximum Gasteiger partial charge on any atom is 0.327 e. The van der Waals surface area contributed by atoms with Gasteiger partial charge in [-0.15, -0.1) is 5.10 Å². The molecule has 0 saturated carbocycles. The summed E-state index contributed by atoms with van der Waals surface area (Å²) in [7, 11) is 0. The van der Waals surface area contributed by atoms with Gasteiger partial charge < -0.3 is 9.47 Å². The number of nitro benzene ring substituents is 1. The Morgan fingerprint density at radius 1 is 1.46 bits per heavy atom. The molecular weight excluding hydrogens is 346 g/mol. The average Bonchev–Trinajstić information content (AvgIpc) is 3.04. The number of carbonyl (C=O) groups excluding carboxylic acids is 2. The summed E-state index contributed by atoms with van der Waals surface area (Å²) in [5.41, 5.74) is 0.735. The Balaban J connectivity index is 1.78. The second-order valence-corrected chi connectivity index (χ2v) is 5.39. The number of benzene rings is 1. The van der Waals surface area contributed by atoms with Crippen LogP contribution in [0.1, 0.15) is 12.6 Å². The number of ether oxygens (including phenoxy) is 2. The quantitative estimate of drug-likeness (QED) is 0.417. The molecule has 0 radical (unpaired) electrons. The Hall–Kier alpha value is -3.50. The molecule has 1 aliphatic rings. The number of fused-ring (bicyclic) bond motifs is 1. The van der Waals surface area contributed by atoms with E-state index in [-0.39, 0.29) is 43.6 Å². The first kappa shape index (κ1) is 17.3. The molecule has 136 valence electrons. The summed E-state index contributed by atoms with van der Waals surface area (Å²) in [5, 5.41) is 18.6. The summed E-state index contributed by atoms with van der Waals surface area (Å²) in [4.78, 5) is 35.4. The predicted octanol–water partition coefficient (Wildman–Crippen LogP) is 0.675. The lowest BCUT2D eigenvalue weighted by Gasteiger charge is -2.28. The molecule has 2 aromatic rings. The second kappa shape index (κ2) is 7.17. The van der Waals surface area contributed by atoms with Crippen molar-refractivity contribution >= 4 is 23.3 Å². The Morgan fingerprint density at radius 2 is 2.27 bits per heavy atom. The third-order valence-electron chi connectivity index (χ3n) is 3.60. The van der Waals surface area contributed by atoms with Crippen LogP contribution in [0.15, 0.2) is 24.4 Å². The summed E-state index contributed by atoms with van der Waals surface area (Å²) >= 11 is 0. The Kier molecular flexibility index (Phi) is 4.78. The molecule has 11 heteroatoms.